The number of carbonyl (C=O) groups excluding carboxylic acids is 1. The van der Waals surface area contributed by atoms with Crippen molar-refractivity contribution in [1.29, 1.82) is 0 Å². The van der Waals surface area contributed by atoms with E-state index in [1.54, 1.807) is 4.57 Å². The summed E-state index contributed by atoms with van der Waals surface area (Å²) in [5.74, 6) is -0.247. The zero-order chi connectivity index (χ0) is 15.5. The van der Waals surface area contributed by atoms with Crippen LogP contribution >= 0.6 is 0 Å². The fourth-order valence-electron chi connectivity index (χ4n) is 3.76. The van der Waals surface area contributed by atoms with Crippen LogP contribution in [-0.4, -0.2) is 21.6 Å². The Hall–Kier alpha value is -1.85. The number of nitrogens with zero attached hydrogens (tertiary/aromatic N) is 2. The number of nitrogens with one attached hydrogen (secondary N) is 1. The zero-order valence-corrected chi connectivity index (χ0v) is 12.8. The normalized spacial score (nSPS) is 18.7. The molecule has 2 aliphatic carbocycles. The summed E-state index contributed by atoms with van der Waals surface area (Å²) in [6, 6.07) is 0.249. The van der Waals surface area contributed by atoms with Gasteiger partial charge in [0.25, 0.3) is 0 Å². The fourth-order valence-corrected chi connectivity index (χ4v) is 3.76. The molecule has 0 aliphatic heterocycles. The average Bonchev–Trinajstić information content (AvgIpc) is 2.80. The van der Waals surface area contributed by atoms with Crippen LogP contribution in [0.3, 0.4) is 0 Å². The minimum atomic E-state index is -0.152. The van der Waals surface area contributed by atoms with Crippen LogP contribution < -0.4 is 5.32 Å². The Morgan fingerprint density at radius 2 is 1.91 bits per heavy atom. The highest BCUT2D eigenvalue weighted by atomic mass is 16.3. The molecule has 6 nitrogen and oxygen atoms in total. The molecule has 3 rings (SSSR count). The Balaban J connectivity index is 1.75. The molecule has 1 amide bonds. The van der Waals surface area contributed by atoms with Crippen molar-refractivity contribution in [3.05, 3.63) is 16.2 Å². The van der Waals surface area contributed by atoms with E-state index in [1.807, 2.05) is 0 Å². The number of hydrogen-bond acceptors (Lipinski definition) is 4. The smallest absolute Gasteiger partial charge is 0.240 e. The maximum Gasteiger partial charge on any atom is 0.240 e. The number of amides is 1. The molecule has 1 saturated carbocycles. The summed E-state index contributed by atoms with van der Waals surface area (Å²) >= 11 is 0. The van der Waals surface area contributed by atoms with Crippen molar-refractivity contribution in [1.82, 2.24) is 9.88 Å². The van der Waals surface area contributed by atoms with Gasteiger partial charge in [-0.15, -0.1) is 4.91 Å². The SMILES string of the molecule is O=Nc1c2c(n(CC(=O)NC3CCCCC3)c1O)CCCC2. The quantitative estimate of drug-likeness (QED) is 0.839. The zero-order valence-electron chi connectivity index (χ0n) is 12.8. The van der Waals surface area contributed by atoms with E-state index in [2.05, 4.69) is 10.5 Å². The molecule has 120 valence electrons. The van der Waals surface area contributed by atoms with Gasteiger partial charge in [-0.2, -0.15) is 0 Å². The predicted molar refractivity (Wildman–Crippen MR) is 83.2 cm³/mol. The summed E-state index contributed by atoms with van der Waals surface area (Å²) in [4.78, 5) is 23.3. The maximum absolute atomic E-state index is 12.3. The van der Waals surface area contributed by atoms with Crippen molar-refractivity contribution in [2.45, 2.75) is 70.4 Å². The first-order valence-corrected chi connectivity index (χ1v) is 8.26. The van der Waals surface area contributed by atoms with Crippen LogP contribution in [0.15, 0.2) is 5.18 Å². The first-order chi connectivity index (χ1) is 10.7. The Bertz CT molecular complexity index is 574. The maximum atomic E-state index is 12.3. The molecular formula is C16H23N3O3. The Labute approximate surface area is 129 Å². The van der Waals surface area contributed by atoms with E-state index in [4.69, 9.17) is 0 Å². The summed E-state index contributed by atoms with van der Waals surface area (Å²) in [6.07, 6.45) is 9.17. The Morgan fingerprint density at radius 3 is 2.64 bits per heavy atom. The van der Waals surface area contributed by atoms with Crippen molar-refractivity contribution in [2.75, 3.05) is 0 Å². The number of nitroso groups, excluding NO2 is 1. The monoisotopic (exact) mass is 305 g/mol. The summed E-state index contributed by atoms with van der Waals surface area (Å²) in [5.41, 5.74) is 1.85. The van der Waals surface area contributed by atoms with Crippen LogP contribution in [0.1, 0.15) is 56.2 Å². The molecule has 2 aliphatic rings. The van der Waals surface area contributed by atoms with Gasteiger partial charge in [0.15, 0.2) is 5.69 Å². The van der Waals surface area contributed by atoms with Crippen molar-refractivity contribution in [3.63, 3.8) is 0 Å². The predicted octanol–water partition coefficient (Wildman–Crippen LogP) is 2.92. The second-order valence-corrected chi connectivity index (χ2v) is 6.38. The van der Waals surface area contributed by atoms with Crippen molar-refractivity contribution < 1.29 is 9.90 Å². The minimum Gasteiger partial charge on any atom is -0.493 e. The van der Waals surface area contributed by atoms with E-state index in [0.29, 0.717) is 0 Å². The average molecular weight is 305 g/mol. The number of fused-ring (bicyclic) bond motifs is 1. The van der Waals surface area contributed by atoms with E-state index in [1.165, 1.54) is 6.42 Å². The van der Waals surface area contributed by atoms with Crippen LogP contribution in [-0.2, 0) is 24.2 Å². The second-order valence-electron chi connectivity index (χ2n) is 6.38. The third-order valence-corrected chi connectivity index (χ3v) is 4.88. The molecule has 0 spiro atoms. The molecular weight excluding hydrogens is 282 g/mol. The molecule has 1 heterocycles. The van der Waals surface area contributed by atoms with Gasteiger partial charge in [0.05, 0.1) is 0 Å². The second kappa shape index (κ2) is 6.50. The summed E-state index contributed by atoms with van der Waals surface area (Å²) in [6.45, 7) is 0.0696. The van der Waals surface area contributed by atoms with Crippen molar-refractivity contribution in [2.24, 2.45) is 5.18 Å². The summed E-state index contributed by atoms with van der Waals surface area (Å²) in [7, 11) is 0. The lowest BCUT2D eigenvalue weighted by atomic mass is 9.95. The van der Waals surface area contributed by atoms with Gasteiger partial charge in [-0.05, 0) is 43.7 Å². The molecule has 0 aromatic carbocycles. The molecule has 1 aromatic rings. The van der Waals surface area contributed by atoms with Crippen molar-refractivity contribution >= 4 is 11.6 Å². The van der Waals surface area contributed by atoms with E-state index in [9.17, 15) is 14.8 Å². The van der Waals surface area contributed by atoms with Gasteiger partial charge >= 0.3 is 0 Å². The van der Waals surface area contributed by atoms with Gasteiger partial charge in [0.2, 0.25) is 11.8 Å². The van der Waals surface area contributed by atoms with E-state index in [0.717, 1.165) is 62.6 Å². The lowest BCUT2D eigenvalue weighted by Crippen LogP contribution is -2.38. The molecule has 1 aromatic heterocycles. The van der Waals surface area contributed by atoms with Crippen LogP contribution in [0, 0.1) is 4.91 Å². The lowest BCUT2D eigenvalue weighted by Gasteiger charge is -2.23. The molecule has 6 heteroatoms. The first kappa shape index (κ1) is 15.1. The largest absolute Gasteiger partial charge is 0.493 e. The highest BCUT2D eigenvalue weighted by Gasteiger charge is 2.27. The van der Waals surface area contributed by atoms with Gasteiger partial charge < -0.3 is 15.0 Å². The van der Waals surface area contributed by atoms with Crippen LogP contribution in [0.25, 0.3) is 0 Å². The van der Waals surface area contributed by atoms with Gasteiger partial charge in [-0.25, -0.2) is 0 Å². The molecule has 0 saturated heterocycles. The topological polar surface area (TPSA) is 83.7 Å². The third kappa shape index (κ3) is 2.87. The lowest BCUT2D eigenvalue weighted by molar-refractivity contribution is -0.122. The minimum absolute atomic E-state index is 0.0696. The Kier molecular flexibility index (Phi) is 4.45. The van der Waals surface area contributed by atoms with E-state index >= 15 is 0 Å². The number of hydrogen-bond donors (Lipinski definition) is 2. The molecule has 0 atom stereocenters. The number of carbonyl (C=O) groups is 1. The van der Waals surface area contributed by atoms with Gasteiger partial charge in [-0.3, -0.25) is 4.79 Å². The highest BCUT2D eigenvalue weighted by molar-refractivity contribution is 5.77. The van der Waals surface area contributed by atoms with Gasteiger partial charge in [0.1, 0.15) is 6.54 Å². The molecule has 0 radical (unpaired) electrons. The number of aromatic nitrogens is 1. The van der Waals surface area contributed by atoms with Crippen LogP contribution in [0.2, 0.25) is 0 Å². The fraction of sp³-hybridized carbons (Fsp3) is 0.688. The Morgan fingerprint density at radius 1 is 1.18 bits per heavy atom. The summed E-state index contributed by atoms with van der Waals surface area (Å²) in [5, 5.41) is 16.2. The van der Waals surface area contributed by atoms with Crippen LogP contribution in [0.5, 0.6) is 5.88 Å². The van der Waals surface area contributed by atoms with E-state index in [-0.39, 0.29) is 30.1 Å². The first-order valence-electron chi connectivity index (χ1n) is 8.26. The van der Waals surface area contributed by atoms with Gasteiger partial charge in [0, 0.05) is 17.3 Å². The number of aromatic hydroxyl groups is 1. The molecule has 1 fully saturated rings. The van der Waals surface area contributed by atoms with Gasteiger partial charge in [-0.1, -0.05) is 19.3 Å². The number of rotatable bonds is 4. The molecule has 2 N–H and O–H groups in total. The van der Waals surface area contributed by atoms with E-state index < -0.39 is 0 Å². The highest BCUT2D eigenvalue weighted by Crippen LogP contribution is 2.40. The molecule has 22 heavy (non-hydrogen) atoms. The molecule has 0 bridgehead atoms. The standard InChI is InChI=1S/C16H23N3O3/c20-14(17-11-6-2-1-3-7-11)10-19-13-9-5-4-8-12(13)15(18-22)16(19)21/h11,21H,1-10H2,(H,17,20). The van der Waals surface area contributed by atoms with Crippen molar-refractivity contribution in [3.8, 4) is 5.88 Å². The molecule has 0 unspecified atom stereocenters. The summed E-state index contributed by atoms with van der Waals surface area (Å²) < 4.78 is 1.57. The van der Waals surface area contributed by atoms with Crippen LogP contribution in [0.4, 0.5) is 5.69 Å². The third-order valence-electron chi connectivity index (χ3n) is 4.88.